The SMILES string of the molecule is Cc1ccccc1C(=O)Nc1c(C)nn(Cc2c(Cl)cccc2Cl)c1C. The van der Waals surface area contributed by atoms with E-state index in [1.165, 1.54) is 0 Å². The van der Waals surface area contributed by atoms with E-state index in [-0.39, 0.29) is 5.91 Å². The van der Waals surface area contributed by atoms with Crippen LogP contribution in [0, 0.1) is 20.8 Å². The van der Waals surface area contributed by atoms with E-state index in [0.717, 1.165) is 22.5 Å². The van der Waals surface area contributed by atoms with Crippen molar-refractivity contribution in [2.24, 2.45) is 0 Å². The van der Waals surface area contributed by atoms with Crippen LogP contribution in [-0.4, -0.2) is 15.7 Å². The molecule has 3 aromatic rings. The third-order valence-corrected chi connectivity index (χ3v) is 5.09. The van der Waals surface area contributed by atoms with Gasteiger partial charge < -0.3 is 5.32 Å². The minimum absolute atomic E-state index is 0.148. The molecule has 0 unspecified atom stereocenters. The molecule has 1 amide bonds. The van der Waals surface area contributed by atoms with Crippen LogP contribution in [0.3, 0.4) is 0 Å². The summed E-state index contributed by atoms with van der Waals surface area (Å²) in [6.45, 7) is 6.13. The number of nitrogens with zero attached hydrogens (tertiary/aromatic N) is 2. The molecule has 4 nitrogen and oxygen atoms in total. The van der Waals surface area contributed by atoms with E-state index in [9.17, 15) is 4.79 Å². The summed E-state index contributed by atoms with van der Waals surface area (Å²) < 4.78 is 1.80. The smallest absolute Gasteiger partial charge is 0.256 e. The van der Waals surface area contributed by atoms with Crippen molar-refractivity contribution in [1.82, 2.24) is 9.78 Å². The van der Waals surface area contributed by atoms with Gasteiger partial charge in [-0.15, -0.1) is 0 Å². The van der Waals surface area contributed by atoms with Gasteiger partial charge in [-0.2, -0.15) is 5.10 Å². The summed E-state index contributed by atoms with van der Waals surface area (Å²) in [6.07, 6.45) is 0. The van der Waals surface area contributed by atoms with Crippen LogP contribution in [0.2, 0.25) is 10.0 Å². The molecule has 0 radical (unpaired) electrons. The van der Waals surface area contributed by atoms with Gasteiger partial charge in [0, 0.05) is 21.2 Å². The maximum Gasteiger partial charge on any atom is 0.256 e. The molecule has 0 saturated carbocycles. The molecule has 1 heterocycles. The number of benzene rings is 2. The largest absolute Gasteiger partial charge is 0.319 e. The van der Waals surface area contributed by atoms with Gasteiger partial charge in [-0.05, 0) is 44.5 Å². The second-order valence-electron chi connectivity index (χ2n) is 6.17. The monoisotopic (exact) mass is 387 g/mol. The zero-order valence-corrected chi connectivity index (χ0v) is 16.3. The molecule has 0 aliphatic heterocycles. The molecule has 2 aromatic carbocycles. The number of amides is 1. The summed E-state index contributed by atoms with van der Waals surface area (Å²) in [6, 6.07) is 12.9. The molecule has 26 heavy (non-hydrogen) atoms. The predicted octanol–water partition coefficient (Wildman–Crippen LogP) is 5.42. The number of hydrogen-bond donors (Lipinski definition) is 1. The molecule has 134 valence electrons. The molecule has 1 N–H and O–H groups in total. The van der Waals surface area contributed by atoms with E-state index in [2.05, 4.69) is 10.4 Å². The van der Waals surface area contributed by atoms with E-state index < -0.39 is 0 Å². The first-order valence-corrected chi connectivity index (χ1v) is 8.98. The third kappa shape index (κ3) is 3.62. The Hall–Kier alpha value is -2.30. The van der Waals surface area contributed by atoms with Crippen molar-refractivity contribution >= 4 is 34.8 Å². The highest BCUT2D eigenvalue weighted by molar-refractivity contribution is 6.36. The summed E-state index contributed by atoms with van der Waals surface area (Å²) in [5.74, 6) is -0.148. The number of nitrogens with one attached hydrogen (secondary N) is 1. The van der Waals surface area contributed by atoms with Crippen molar-refractivity contribution in [3.63, 3.8) is 0 Å². The lowest BCUT2D eigenvalue weighted by Gasteiger charge is -2.10. The standard InChI is InChI=1S/C20H19Cl2N3O/c1-12-7-4-5-8-15(12)20(26)23-19-13(2)24-25(14(19)3)11-16-17(21)9-6-10-18(16)22/h4-10H,11H2,1-3H3,(H,23,26). The first-order valence-electron chi connectivity index (χ1n) is 8.22. The van der Waals surface area contributed by atoms with Crippen molar-refractivity contribution in [3.05, 3.63) is 80.6 Å². The van der Waals surface area contributed by atoms with E-state index in [0.29, 0.717) is 27.8 Å². The zero-order chi connectivity index (χ0) is 18.8. The van der Waals surface area contributed by atoms with Gasteiger partial charge in [-0.1, -0.05) is 47.5 Å². The van der Waals surface area contributed by atoms with Crippen LogP contribution < -0.4 is 5.32 Å². The molecule has 0 spiro atoms. The average Bonchev–Trinajstić information content (AvgIpc) is 2.86. The van der Waals surface area contributed by atoms with Gasteiger partial charge in [-0.3, -0.25) is 9.48 Å². The van der Waals surface area contributed by atoms with Crippen molar-refractivity contribution in [3.8, 4) is 0 Å². The number of carbonyl (C=O) groups excluding carboxylic acids is 1. The molecular formula is C20H19Cl2N3O. The van der Waals surface area contributed by atoms with Gasteiger partial charge in [-0.25, -0.2) is 0 Å². The number of aryl methyl sites for hydroxylation is 2. The summed E-state index contributed by atoms with van der Waals surface area (Å²) in [5.41, 5.74) is 4.68. The Morgan fingerprint density at radius 1 is 1.04 bits per heavy atom. The fraction of sp³-hybridized carbons (Fsp3) is 0.200. The predicted molar refractivity (Wildman–Crippen MR) is 106 cm³/mol. The van der Waals surface area contributed by atoms with Crippen molar-refractivity contribution < 1.29 is 4.79 Å². The number of aromatic nitrogens is 2. The average molecular weight is 388 g/mol. The second-order valence-corrected chi connectivity index (χ2v) is 6.99. The van der Waals surface area contributed by atoms with E-state index >= 15 is 0 Å². The number of anilines is 1. The molecule has 1 aromatic heterocycles. The highest BCUT2D eigenvalue weighted by Gasteiger charge is 2.17. The second kappa shape index (κ2) is 7.52. The first kappa shape index (κ1) is 18.5. The van der Waals surface area contributed by atoms with Crippen LogP contribution in [0.1, 0.15) is 32.9 Å². The van der Waals surface area contributed by atoms with E-state index in [1.807, 2.05) is 51.1 Å². The number of carbonyl (C=O) groups is 1. The van der Waals surface area contributed by atoms with Crippen LogP contribution in [0.4, 0.5) is 5.69 Å². The van der Waals surface area contributed by atoms with E-state index in [4.69, 9.17) is 23.2 Å². The highest BCUT2D eigenvalue weighted by Crippen LogP contribution is 2.27. The molecular weight excluding hydrogens is 369 g/mol. The maximum absolute atomic E-state index is 12.6. The zero-order valence-electron chi connectivity index (χ0n) is 14.8. The van der Waals surface area contributed by atoms with Crippen LogP contribution in [0.25, 0.3) is 0 Å². The molecule has 3 rings (SSSR count). The van der Waals surface area contributed by atoms with Gasteiger partial charge in [0.1, 0.15) is 0 Å². The normalized spacial score (nSPS) is 10.8. The van der Waals surface area contributed by atoms with Gasteiger partial charge in [0.2, 0.25) is 0 Å². The molecule has 0 bridgehead atoms. The fourth-order valence-electron chi connectivity index (χ4n) is 2.87. The Morgan fingerprint density at radius 3 is 2.35 bits per heavy atom. The van der Waals surface area contributed by atoms with Crippen molar-refractivity contribution in [2.75, 3.05) is 5.32 Å². The number of rotatable bonds is 4. The topological polar surface area (TPSA) is 46.9 Å². The van der Waals surface area contributed by atoms with Gasteiger partial charge in [0.15, 0.2) is 0 Å². The molecule has 0 saturated heterocycles. The number of halogens is 2. The Labute approximate surface area is 162 Å². The fourth-order valence-corrected chi connectivity index (χ4v) is 3.39. The lowest BCUT2D eigenvalue weighted by Crippen LogP contribution is -2.14. The Balaban J connectivity index is 1.89. The summed E-state index contributed by atoms with van der Waals surface area (Å²) in [7, 11) is 0. The number of hydrogen-bond acceptors (Lipinski definition) is 2. The lowest BCUT2D eigenvalue weighted by atomic mass is 10.1. The Kier molecular flexibility index (Phi) is 5.35. The first-order chi connectivity index (χ1) is 12.4. The van der Waals surface area contributed by atoms with Crippen LogP contribution in [-0.2, 0) is 6.54 Å². The van der Waals surface area contributed by atoms with E-state index in [1.54, 1.807) is 16.8 Å². The molecule has 0 aliphatic carbocycles. The molecule has 0 fully saturated rings. The van der Waals surface area contributed by atoms with Crippen LogP contribution >= 0.6 is 23.2 Å². The van der Waals surface area contributed by atoms with Crippen molar-refractivity contribution in [1.29, 1.82) is 0 Å². The molecule has 0 aliphatic rings. The van der Waals surface area contributed by atoms with Gasteiger partial charge in [0.25, 0.3) is 5.91 Å². The van der Waals surface area contributed by atoms with Crippen LogP contribution in [0.5, 0.6) is 0 Å². The summed E-state index contributed by atoms with van der Waals surface area (Å²) >= 11 is 12.5. The summed E-state index contributed by atoms with van der Waals surface area (Å²) in [5, 5.41) is 8.71. The van der Waals surface area contributed by atoms with Crippen molar-refractivity contribution in [2.45, 2.75) is 27.3 Å². The quantitative estimate of drug-likeness (QED) is 0.649. The van der Waals surface area contributed by atoms with Gasteiger partial charge >= 0.3 is 0 Å². The highest BCUT2D eigenvalue weighted by atomic mass is 35.5. The molecule has 0 atom stereocenters. The minimum atomic E-state index is -0.148. The maximum atomic E-state index is 12.6. The summed E-state index contributed by atoms with van der Waals surface area (Å²) in [4.78, 5) is 12.6. The molecule has 6 heteroatoms. The minimum Gasteiger partial charge on any atom is -0.319 e. The Bertz CT molecular complexity index is 959. The Morgan fingerprint density at radius 2 is 1.69 bits per heavy atom. The van der Waals surface area contributed by atoms with Gasteiger partial charge in [0.05, 0.1) is 23.6 Å². The van der Waals surface area contributed by atoms with Crippen LogP contribution in [0.15, 0.2) is 42.5 Å². The lowest BCUT2D eigenvalue weighted by molar-refractivity contribution is 0.102. The third-order valence-electron chi connectivity index (χ3n) is 4.38.